The van der Waals surface area contributed by atoms with Gasteiger partial charge in [-0.1, -0.05) is 32.0 Å². The molecule has 0 atom stereocenters. The van der Waals surface area contributed by atoms with Crippen molar-refractivity contribution < 1.29 is 14.3 Å². The van der Waals surface area contributed by atoms with Gasteiger partial charge in [0.05, 0.1) is 12.2 Å². The SMILES string of the molecule is COCCCN(Cc1csc(COc2ccccc2)n1)C(=O)C(C)C. The highest BCUT2D eigenvalue weighted by molar-refractivity contribution is 7.09. The van der Waals surface area contributed by atoms with E-state index in [1.165, 1.54) is 0 Å². The molecule has 0 saturated heterocycles. The highest BCUT2D eigenvalue weighted by Crippen LogP contribution is 2.17. The lowest BCUT2D eigenvalue weighted by Crippen LogP contribution is -2.35. The maximum Gasteiger partial charge on any atom is 0.225 e. The van der Waals surface area contributed by atoms with Crippen molar-refractivity contribution in [3.63, 3.8) is 0 Å². The predicted octanol–water partition coefficient (Wildman–Crippen LogP) is 3.74. The Bertz CT molecular complexity index is 643. The Balaban J connectivity index is 1.92. The number of rotatable bonds is 10. The van der Waals surface area contributed by atoms with E-state index in [0.29, 0.717) is 26.3 Å². The summed E-state index contributed by atoms with van der Waals surface area (Å²) in [6, 6.07) is 9.69. The Hall–Kier alpha value is -1.92. The molecule has 1 amide bonds. The molecule has 1 aromatic heterocycles. The van der Waals surface area contributed by atoms with Crippen molar-refractivity contribution >= 4 is 17.2 Å². The van der Waals surface area contributed by atoms with Crippen molar-refractivity contribution in [2.45, 2.75) is 33.4 Å². The molecular formula is C19H26N2O3S. The van der Waals surface area contributed by atoms with E-state index >= 15 is 0 Å². The third-order valence-corrected chi connectivity index (χ3v) is 4.51. The fourth-order valence-electron chi connectivity index (χ4n) is 2.38. The summed E-state index contributed by atoms with van der Waals surface area (Å²) < 4.78 is 10.8. The number of thiazole rings is 1. The van der Waals surface area contributed by atoms with Crippen LogP contribution in [0.3, 0.4) is 0 Å². The van der Waals surface area contributed by atoms with Gasteiger partial charge in [-0.05, 0) is 18.6 Å². The molecule has 0 radical (unpaired) electrons. The van der Waals surface area contributed by atoms with Crippen LogP contribution in [0, 0.1) is 5.92 Å². The van der Waals surface area contributed by atoms with Gasteiger partial charge in [0, 0.05) is 31.6 Å². The van der Waals surface area contributed by atoms with Crippen molar-refractivity contribution in [3.8, 4) is 5.75 Å². The third kappa shape index (κ3) is 6.48. The van der Waals surface area contributed by atoms with E-state index in [4.69, 9.17) is 9.47 Å². The maximum absolute atomic E-state index is 12.4. The first-order valence-electron chi connectivity index (χ1n) is 8.49. The second kappa shape index (κ2) is 10.2. The summed E-state index contributed by atoms with van der Waals surface area (Å²) in [6.45, 7) is 6.14. The van der Waals surface area contributed by atoms with Crippen LogP contribution in [0.4, 0.5) is 0 Å². The molecule has 2 rings (SSSR count). The average Bonchev–Trinajstić information content (AvgIpc) is 3.07. The number of carbonyl (C=O) groups excluding carboxylic acids is 1. The Labute approximate surface area is 153 Å². The first-order valence-corrected chi connectivity index (χ1v) is 9.37. The number of aromatic nitrogens is 1. The van der Waals surface area contributed by atoms with Crippen LogP contribution in [-0.4, -0.2) is 36.1 Å². The van der Waals surface area contributed by atoms with Crippen LogP contribution in [0.5, 0.6) is 5.75 Å². The van der Waals surface area contributed by atoms with Gasteiger partial charge in [-0.15, -0.1) is 11.3 Å². The molecule has 2 aromatic rings. The van der Waals surface area contributed by atoms with Gasteiger partial charge < -0.3 is 14.4 Å². The molecule has 0 N–H and O–H groups in total. The first-order chi connectivity index (χ1) is 12.1. The number of nitrogens with zero attached hydrogens (tertiary/aromatic N) is 2. The Kier molecular flexibility index (Phi) is 7.88. The van der Waals surface area contributed by atoms with Crippen molar-refractivity contribution in [1.82, 2.24) is 9.88 Å². The van der Waals surface area contributed by atoms with Gasteiger partial charge in [-0.25, -0.2) is 4.98 Å². The van der Waals surface area contributed by atoms with E-state index < -0.39 is 0 Å². The van der Waals surface area contributed by atoms with Crippen LogP contribution >= 0.6 is 11.3 Å². The van der Waals surface area contributed by atoms with Gasteiger partial charge in [-0.2, -0.15) is 0 Å². The number of benzene rings is 1. The molecule has 0 aliphatic heterocycles. The summed E-state index contributed by atoms with van der Waals surface area (Å²) in [5, 5.41) is 2.91. The fourth-order valence-corrected chi connectivity index (χ4v) is 3.07. The lowest BCUT2D eigenvalue weighted by Gasteiger charge is -2.23. The normalized spacial score (nSPS) is 10.9. The lowest BCUT2D eigenvalue weighted by atomic mass is 10.2. The Morgan fingerprint density at radius 3 is 2.72 bits per heavy atom. The Morgan fingerprint density at radius 2 is 2.04 bits per heavy atom. The molecule has 1 aromatic carbocycles. The summed E-state index contributed by atoms with van der Waals surface area (Å²) >= 11 is 1.56. The van der Waals surface area contributed by atoms with Gasteiger partial charge in [0.2, 0.25) is 5.91 Å². The number of ether oxygens (including phenoxy) is 2. The summed E-state index contributed by atoms with van der Waals surface area (Å²) in [7, 11) is 1.67. The zero-order chi connectivity index (χ0) is 18.1. The molecule has 0 aliphatic rings. The highest BCUT2D eigenvalue weighted by Gasteiger charge is 2.18. The number of methoxy groups -OCH3 is 1. The standard InChI is InChI=1S/C19H26N2O3S/c1-15(2)19(22)21(10-7-11-23-3)12-16-14-25-18(20-16)13-24-17-8-5-4-6-9-17/h4-6,8-9,14-15H,7,10-13H2,1-3H3. The number of hydrogen-bond acceptors (Lipinski definition) is 5. The van der Waals surface area contributed by atoms with Gasteiger partial charge in [0.15, 0.2) is 0 Å². The fraction of sp³-hybridized carbons (Fsp3) is 0.474. The van der Waals surface area contributed by atoms with Crippen molar-refractivity contribution in [2.24, 2.45) is 5.92 Å². The molecule has 0 saturated carbocycles. The summed E-state index contributed by atoms with van der Waals surface area (Å²) in [4.78, 5) is 18.9. The number of amides is 1. The minimum absolute atomic E-state index is 0.0259. The van der Waals surface area contributed by atoms with Gasteiger partial charge in [-0.3, -0.25) is 4.79 Å². The van der Waals surface area contributed by atoms with E-state index in [-0.39, 0.29) is 11.8 Å². The topological polar surface area (TPSA) is 51.7 Å². The molecule has 6 heteroatoms. The van der Waals surface area contributed by atoms with Crippen LogP contribution in [-0.2, 0) is 22.7 Å². The van der Waals surface area contributed by atoms with Gasteiger partial charge >= 0.3 is 0 Å². The van der Waals surface area contributed by atoms with Crippen LogP contribution in [0.15, 0.2) is 35.7 Å². The second-order valence-corrected chi connectivity index (χ2v) is 7.04. The molecule has 1 heterocycles. The molecule has 25 heavy (non-hydrogen) atoms. The number of hydrogen-bond donors (Lipinski definition) is 0. The van der Waals surface area contributed by atoms with Gasteiger partial charge in [0.25, 0.3) is 0 Å². The number of carbonyl (C=O) groups is 1. The smallest absolute Gasteiger partial charge is 0.225 e. The predicted molar refractivity (Wildman–Crippen MR) is 99.6 cm³/mol. The van der Waals surface area contributed by atoms with Crippen molar-refractivity contribution in [2.75, 3.05) is 20.3 Å². The van der Waals surface area contributed by atoms with Gasteiger partial charge in [0.1, 0.15) is 17.4 Å². The average molecular weight is 362 g/mol. The minimum Gasteiger partial charge on any atom is -0.486 e. The van der Waals surface area contributed by atoms with Crippen LogP contribution in [0.1, 0.15) is 31.0 Å². The van der Waals surface area contributed by atoms with Crippen LogP contribution in [0.2, 0.25) is 0 Å². The second-order valence-electron chi connectivity index (χ2n) is 6.10. The monoisotopic (exact) mass is 362 g/mol. The summed E-state index contributed by atoms with van der Waals surface area (Å²) in [5.74, 6) is 0.948. The van der Waals surface area contributed by atoms with E-state index in [1.54, 1.807) is 18.4 Å². The third-order valence-electron chi connectivity index (χ3n) is 3.64. The minimum atomic E-state index is -0.0259. The Morgan fingerprint density at radius 1 is 1.28 bits per heavy atom. The quantitative estimate of drug-likeness (QED) is 0.604. The number of para-hydroxylation sites is 1. The molecule has 0 aliphatic carbocycles. The molecule has 0 spiro atoms. The van der Waals surface area contributed by atoms with E-state index in [0.717, 1.165) is 22.9 Å². The zero-order valence-electron chi connectivity index (χ0n) is 15.1. The summed E-state index contributed by atoms with van der Waals surface area (Å²) in [5.41, 5.74) is 0.906. The molecule has 136 valence electrons. The van der Waals surface area contributed by atoms with Crippen molar-refractivity contribution in [3.05, 3.63) is 46.4 Å². The molecular weight excluding hydrogens is 336 g/mol. The van der Waals surface area contributed by atoms with Crippen LogP contribution in [0.25, 0.3) is 0 Å². The maximum atomic E-state index is 12.4. The van der Waals surface area contributed by atoms with Crippen LogP contribution < -0.4 is 4.74 Å². The summed E-state index contributed by atoms with van der Waals surface area (Å²) in [6.07, 6.45) is 0.822. The molecule has 0 unspecified atom stereocenters. The highest BCUT2D eigenvalue weighted by atomic mass is 32.1. The van der Waals surface area contributed by atoms with E-state index in [9.17, 15) is 4.79 Å². The first kappa shape index (κ1) is 19.4. The largest absolute Gasteiger partial charge is 0.486 e. The van der Waals surface area contributed by atoms with E-state index in [1.807, 2.05) is 54.5 Å². The zero-order valence-corrected chi connectivity index (χ0v) is 15.9. The molecule has 0 fully saturated rings. The lowest BCUT2D eigenvalue weighted by molar-refractivity contribution is -0.135. The molecule has 5 nitrogen and oxygen atoms in total. The van der Waals surface area contributed by atoms with Crippen molar-refractivity contribution in [1.29, 1.82) is 0 Å². The van der Waals surface area contributed by atoms with E-state index in [2.05, 4.69) is 4.98 Å². The molecule has 0 bridgehead atoms.